The van der Waals surface area contributed by atoms with Crippen LogP contribution in [0.1, 0.15) is 20.8 Å². The Morgan fingerprint density at radius 3 is 2.89 bits per heavy atom. The lowest BCUT2D eigenvalue weighted by Crippen LogP contribution is -1.91. The number of halogens is 1. The summed E-state index contributed by atoms with van der Waals surface area (Å²) in [5, 5.41) is 1.89. The summed E-state index contributed by atoms with van der Waals surface area (Å²) in [6, 6.07) is 9.35. The summed E-state index contributed by atoms with van der Waals surface area (Å²) < 4.78 is 5.20. The van der Waals surface area contributed by atoms with Crippen LogP contribution in [0.3, 0.4) is 0 Å². The molecule has 0 N–H and O–H groups in total. The fraction of sp³-hybridized carbons (Fsp3) is 0.133. The first-order chi connectivity index (χ1) is 9.24. The Labute approximate surface area is 121 Å². The van der Waals surface area contributed by atoms with Crippen molar-refractivity contribution in [1.29, 1.82) is 0 Å². The van der Waals surface area contributed by atoms with Crippen LogP contribution in [-0.2, 0) is 5.88 Å². The van der Waals surface area contributed by atoms with Gasteiger partial charge in [-0.3, -0.25) is 4.79 Å². The van der Waals surface area contributed by atoms with Gasteiger partial charge in [-0.25, -0.2) is 0 Å². The third-order valence-electron chi connectivity index (χ3n) is 2.64. The third-order valence-corrected chi connectivity index (χ3v) is 3.81. The van der Waals surface area contributed by atoms with Crippen LogP contribution in [0, 0.1) is 0 Å². The SMILES string of the molecule is COc1ccc(/C=C/C(=O)c2cccs2)cc1CCl. The molecule has 0 bridgehead atoms. The van der Waals surface area contributed by atoms with Gasteiger partial charge in [0.1, 0.15) is 5.75 Å². The topological polar surface area (TPSA) is 26.3 Å². The lowest BCUT2D eigenvalue weighted by atomic mass is 10.1. The molecule has 0 atom stereocenters. The number of methoxy groups -OCH3 is 1. The van der Waals surface area contributed by atoms with Crippen LogP contribution in [0.5, 0.6) is 5.75 Å². The van der Waals surface area contributed by atoms with E-state index in [1.807, 2.05) is 35.7 Å². The van der Waals surface area contributed by atoms with Gasteiger partial charge in [0.15, 0.2) is 5.78 Å². The van der Waals surface area contributed by atoms with Crippen LogP contribution >= 0.6 is 22.9 Å². The number of carbonyl (C=O) groups is 1. The molecule has 0 aliphatic carbocycles. The summed E-state index contributed by atoms with van der Waals surface area (Å²) in [6.45, 7) is 0. The van der Waals surface area contributed by atoms with Gasteiger partial charge in [-0.2, -0.15) is 0 Å². The molecule has 19 heavy (non-hydrogen) atoms. The molecule has 2 aromatic rings. The fourth-order valence-electron chi connectivity index (χ4n) is 1.68. The fourth-order valence-corrected chi connectivity index (χ4v) is 2.53. The summed E-state index contributed by atoms with van der Waals surface area (Å²) in [7, 11) is 1.61. The van der Waals surface area contributed by atoms with E-state index in [0.717, 1.165) is 21.8 Å². The van der Waals surface area contributed by atoms with Crippen molar-refractivity contribution in [2.45, 2.75) is 5.88 Å². The van der Waals surface area contributed by atoms with E-state index < -0.39 is 0 Å². The van der Waals surface area contributed by atoms with E-state index in [-0.39, 0.29) is 5.78 Å². The molecule has 2 rings (SSSR count). The third kappa shape index (κ3) is 3.46. The number of alkyl halides is 1. The zero-order valence-corrected chi connectivity index (χ0v) is 12.0. The number of benzene rings is 1. The molecule has 0 spiro atoms. The van der Waals surface area contributed by atoms with E-state index in [9.17, 15) is 4.79 Å². The van der Waals surface area contributed by atoms with Crippen LogP contribution in [-0.4, -0.2) is 12.9 Å². The molecule has 0 fully saturated rings. The van der Waals surface area contributed by atoms with E-state index in [1.54, 1.807) is 19.3 Å². The monoisotopic (exact) mass is 292 g/mol. The Balaban J connectivity index is 2.17. The molecule has 0 aliphatic rings. The quantitative estimate of drug-likeness (QED) is 0.464. The minimum absolute atomic E-state index is 0.0123. The predicted octanol–water partition coefficient (Wildman–Crippen LogP) is 4.39. The normalized spacial score (nSPS) is 10.8. The smallest absolute Gasteiger partial charge is 0.195 e. The van der Waals surface area contributed by atoms with E-state index in [1.165, 1.54) is 11.3 Å². The molecule has 98 valence electrons. The molecule has 0 radical (unpaired) electrons. The van der Waals surface area contributed by atoms with Crippen molar-refractivity contribution < 1.29 is 9.53 Å². The molecule has 0 amide bonds. The zero-order chi connectivity index (χ0) is 13.7. The predicted molar refractivity (Wildman–Crippen MR) is 80.2 cm³/mol. The lowest BCUT2D eigenvalue weighted by molar-refractivity contribution is 0.105. The highest BCUT2D eigenvalue weighted by Crippen LogP contribution is 2.22. The van der Waals surface area contributed by atoms with E-state index in [0.29, 0.717) is 5.88 Å². The molecule has 0 unspecified atom stereocenters. The Morgan fingerprint density at radius 1 is 1.42 bits per heavy atom. The number of thiophene rings is 1. The van der Waals surface area contributed by atoms with Gasteiger partial charge < -0.3 is 4.74 Å². The van der Waals surface area contributed by atoms with Gasteiger partial charge in [0.25, 0.3) is 0 Å². The van der Waals surface area contributed by atoms with Crippen LogP contribution in [0.2, 0.25) is 0 Å². The maximum absolute atomic E-state index is 11.8. The highest BCUT2D eigenvalue weighted by molar-refractivity contribution is 7.12. The lowest BCUT2D eigenvalue weighted by Gasteiger charge is -2.06. The van der Waals surface area contributed by atoms with Crippen molar-refractivity contribution in [3.8, 4) is 5.75 Å². The molecule has 0 aliphatic heterocycles. The van der Waals surface area contributed by atoms with Crippen molar-refractivity contribution in [3.05, 3.63) is 57.8 Å². The number of allylic oxidation sites excluding steroid dienone is 1. The highest BCUT2D eigenvalue weighted by atomic mass is 35.5. The van der Waals surface area contributed by atoms with E-state index >= 15 is 0 Å². The van der Waals surface area contributed by atoms with E-state index in [2.05, 4.69) is 0 Å². The summed E-state index contributed by atoms with van der Waals surface area (Å²) >= 11 is 7.30. The maximum Gasteiger partial charge on any atom is 0.195 e. The molecule has 4 heteroatoms. The molecular formula is C15H13ClO2S. The summed E-state index contributed by atoms with van der Waals surface area (Å²) in [4.78, 5) is 12.6. The first-order valence-electron chi connectivity index (χ1n) is 5.73. The molecule has 1 aromatic carbocycles. The number of ether oxygens (including phenoxy) is 1. The molecule has 1 heterocycles. The number of rotatable bonds is 5. The van der Waals surface area contributed by atoms with Gasteiger partial charge in [-0.1, -0.05) is 18.2 Å². The molecule has 0 saturated carbocycles. The van der Waals surface area contributed by atoms with Crippen LogP contribution in [0.15, 0.2) is 41.8 Å². The van der Waals surface area contributed by atoms with Crippen molar-refractivity contribution in [2.75, 3.05) is 7.11 Å². The highest BCUT2D eigenvalue weighted by Gasteiger charge is 2.04. The minimum atomic E-state index is 0.0123. The Morgan fingerprint density at radius 2 is 2.26 bits per heavy atom. The largest absolute Gasteiger partial charge is 0.496 e. The average molecular weight is 293 g/mol. The van der Waals surface area contributed by atoms with Crippen molar-refractivity contribution in [2.24, 2.45) is 0 Å². The van der Waals surface area contributed by atoms with Crippen LogP contribution < -0.4 is 4.74 Å². The van der Waals surface area contributed by atoms with E-state index in [4.69, 9.17) is 16.3 Å². The molecular weight excluding hydrogens is 280 g/mol. The Hall–Kier alpha value is -1.58. The maximum atomic E-state index is 11.8. The first-order valence-corrected chi connectivity index (χ1v) is 7.15. The zero-order valence-electron chi connectivity index (χ0n) is 10.4. The van der Waals surface area contributed by atoms with Gasteiger partial charge in [-0.15, -0.1) is 22.9 Å². The first kappa shape index (κ1) is 13.8. The van der Waals surface area contributed by atoms with Crippen molar-refractivity contribution >= 4 is 34.8 Å². The van der Waals surface area contributed by atoms with Gasteiger partial charge in [0.05, 0.1) is 17.9 Å². The molecule has 0 saturated heterocycles. The standard InChI is InChI=1S/C15H13ClO2S/c1-18-14-7-5-11(9-12(14)10-16)4-6-13(17)15-3-2-8-19-15/h2-9H,10H2,1H3/b6-4+. The molecule has 1 aromatic heterocycles. The number of ketones is 1. The number of hydrogen-bond acceptors (Lipinski definition) is 3. The number of hydrogen-bond donors (Lipinski definition) is 0. The minimum Gasteiger partial charge on any atom is -0.496 e. The van der Waals surface area contributed by atoms with Gasteiger partial charge in [-0.05, 0) is 35.2 Å². The Kier molecular flexibility index (Phi) is 4.77. The average Bonchev–Trinajstić information content (AvgIpc) is 2.98. The second-order valence-electron chi connectivity index (χ2n) is 3.88. The van der Waals surface area contributed by atoms with Gasteiger partial charge in [0.2, 0.25) is 0 Å². The second-order valence-corrected chi connectivity index (χ2v) is 5.09. The second kappa shape index (κ2) is 6.55. The Bertz CT molecular complexity index is 588. The van der Waals surface area contributed by atoms with Crippen molar-refractivity contribution in [1.82, 2.24) is 0 Å². The van der Waals surface area contributed by atoms with Gasteiger partial charge in [0, 0.05) is 5.56 Å². The molecule has 2 nitrogen and oxygen atoms in total. The summed E-state index contributed by atoms with van der Waals surface area (Å²) in [5.41, 5.74) is 1.84. The summed E-state index contributed by atoms with van der Waals surface area (Å²) in [6.07, 6.45) is 3.36. The van der Waals surface area contributed by atoms with Crippen LogP contribution in [0.25, 0.3) is 6.08 Å². The van der Waals surface area contributed by atoms with Crippen LogP contribution in [0.4, 0.5) is 0 Å². The summed E-state index contributed by atoms with van der Waals surface area (Å²) in [5.74, 6) is 1.15. The number of carbonyl (C=O) groups excluding carboxylic acids is 1. The van der Waals surface area contributed by atoms with Gasteiger partial charge >= 0.3 is 0 Å². The van der Waals surface area contributed by atoms with Crippen molar-refractivity contribution in [3.63, 3.8) is 0 Å².